The Morgan fingerprint density at radius 2 is 1.76 bits per heavy atom. The predicted molar refractivity (Wildman–Crippen MR) is 78.8 cm³/mol. The lowest BCUT2D eigenvalue weighted by Crippen LogP contribution is -2.29. The molecule has 0 aliphatic carbocycles. The van der Waals surface area contributed by atoms with Crippen LogP contribution in [0.25, 0.3) is 0 Å². The van der Waals surface area contributed by atoms with Crippen molar-refractivity contribution in [2.75, 3.05) is 11.6 Å². The second-order valence-corrected chi connectivity index (χ2v) is 5.49. The fraction of sp³-hybridized carbons (Fsp3) is 0.143. The van der Waals surface area contributed by atoms with Gasteiger partial charge in [-0.2, -0.15) is 0 Å². The summed E-state index contributed by atoms with van der Waals surface area (Å²) in [7, 11) is 0. The number of carbonyl (C=O) groups is 2. The van der Waals surface area contributed by atoms with Gasteiger partial charge in [0.2, 0.25) is 0 Å². The number of hydrogen-bond acceptors (Lipinski definition) is 6. The first kappa shape index (κ1) is 13.6. The Balaban J connectivity index is 1.78. The van der Waals surface area contributed by atoms with Gasteiger partial charge >= 0.3 is 0 Å². The molecule has 1 aliphatic rings. The largest absolute Gasteiger partial charge is 0.384 e. The highest BCUT2D eigenvalue weighted by Crippen LogP contribution is 2.26. The number of nitrogens with zero attached hydrogens (tertiary/aromatic N) is 3. The van der Waals surface area contributed by atoms with Crippen LogP contribution in [-0.4, -0.2) is 32.6 Å². The molecule has 0 saturated carbocycles. The number of fused-ring (bicyclic) bond motifs is 1. The van der Waals surface area contributed by atoms with Crippen LogP contribution >= 0.6 is 11.8 Å². The lowest BCUT2D eigenvalue weighted by molar-refractivity contribution is 0.0684. The van der Waals surface area contributed by atoms with Crippen molar-refractivity contribution in [3.8, 4) is 0 Å². The number of carbonyl (C=O) groups excluding carboxylic acids is 2. The maximum atomic E-state index is 12.2. The quantitative estimate of drug-likeness (QED) is 0.527. The summed E-state index contributed by atoms with van der Waals surface area (Å²) in [6, 6.07) is 8.45. The Hall–Kier alpha value is -2.41. The average molecular weight is 300 g/mol. The summed E-state index contributed by atoms with van der Waals surface area (Å²) >= 11 is 1.21. The molecule has 0 spiro atoms. The van der Waals surface area contributed by atoms with Crippen LogP contribution in [0.5, 0.6) is 0 Å². The monoisotopic (exact) mass is 300 g/mol. The van der Waals surface area contributed by atoms with Gasteiger partial charge in [0, 0.05) is 11.8 Å². The summed E-state index contributed by atoms with van der Waals surface area (Å²) in [5.41, 5.74) is 7.27. The van der Waals surface area contributed by atoms with Crippen LogP contribution < -0.4 is 5.73 Å². The zero-order valence-corrected chi connectivity index (χ0v) is 12.1. The molecule has 0 fully saturated rings. The van der Waals surface area contributed by atoms with Crippen LogP contribution in [0.15, 0.2) is 35.5 Å². The maximum Gasteiger partial charge on any atom is 0.262 e. The molecule has 6 nitrogen and oxygen atoms in total. The Morgan fingerprint density at radius 3 is 2.33 bits per heavy atom. The van der Waals surface area contributed by atoms with Crippen molar-refractivity contribution >= 4 is 29.4 Å². The summed E-state index contributed by atoms with van der Waals surface area (Å²) in [5.74, 6) is -0.0466. The predicted octanol–water partition coefficient (Wildman–Crippen LogP) is 1.71. The molecule has 0 radical (unpaired) electrons. The van der Waals surface area contributed by atoms with Gasteiger partial charge in [0.1, 0.15) is 5.82 Å². The molecule has 2 amide bonds. The van der Waals surface area contributed by atoms with Gasteiger partial charge in [0.25, 0.3) is 11.8 Å². The van der Waals surface area contributed by atoms with Crippen molar-refractivity contribution in [1.29, 1.82) is 0 Å². The number of aromatic nitrogens is 2. The van der Waals surface area contributed by atoms with E-state index in [9.17, 15) is 9.59 Å². The molecule has 0 saturated heterocycles. The Labute approximate surface area is 125 Å². The minimum atomic E-state index is -0.288. The van der Waals surface area contributed by atoms with Crippen molar-refractivity contribution in [1.82, 2.24) is 14.9 Å². The van der Waals surface area contributed by atoms with E-state index in [4.69, 9.17) is 5.73 Å². The third-order valence-corrected chi connectivity index (χ3v) is 3.88. The summed E-state index contributed by atoms with van der Waals surface area (Å²) in [6.07, 6.45) is 0. The number of amides is 2. The highest BCUT2D eigenvalue weighted by molar-refractivity contribution is 7.99. The Bertz CT molecular complexity index is 692. The van der Waals surface area contributed by atoms with Gasteiger partial charge in [0.05, 0.1) is 17.0 Å². The number of benzene rings is 1. The van der Waals surface area contributed by atoms with E-state index >= 15 is 0 Å². The SMILES string of the molecule is Cc1cc(N)nc(SCN2C(=O)c3ccccc3C2=O)n1. The smallest absolute Gasteiger partial charge is 0.262 e. The summed E-state index contributed by atoms with van der Waals surface area (Å²) < 4.78 is 0. The van der Waals surface area contributed by atoms with Crippen molar-refractivity contribution in [3.05, 3.63) is 47.2 Å². The van der Waals surface area contributed by atoms with Crippen LogP contribution in [-0.2, 0) is 0 Å². The van der Waals surface area contributed by atoms with Gasteiger partial charge in [-0.25, -0.2) is 9.97 Å². The fourth-order valence-electron chi connectivity index (χ4n) is 2.11. The first-order chi connectivity index (χ1) is 10.1. The number of rotatable bonds is 3. The number of nitrogens with two attached hydrogens (primary N) is 1. The number of hydrogen-bond donors (Lipinski definition) is 1. The van der Waals surface area contributed by atoms with Crippen molar-refractivity contribution < 1.29 is 9.59 Å². The molecule has 0 atom stereocenters. The molecule has 1 aromatic heterocycles. The van der Waals surface area contributed by atoms with Gasteiger partial charge in [-0.15, -0.1) is 0 Å². The number of nitrogen functional groups attached to an aromatic ring is 1. The highest BCUT2D eigenvalue weighted by Gasteiger charge is 2.35. The number of anilines is 1. The van der Waals surface area contributed by atoms with Crippen LogP contribution in [0.1, 0.15) is 26.4 Å². The van der Waals surface area contributed by atoms with Gasteiger partial charge in [-0.3, -0.25) is 14.5 Å². The van der Waals surface area contributed by atoms with E-state index in [-0.39, 0.29) is 17.7 Å². The number of imide groups is 1. The molecule has 1 aromatic carbocycles. The topological polar surface area (TPSA) is 89.2 Å². The minimum absolute atomic E-state index is 0.162. The van der Waals surface area contributed by atoms with Gasteiger partial charge in [0.15, 0.2) is 5.16 Å². The molecule has 2 heterocycles. The molecule has 21 heavy (non-hydrogen) atoms. The third-order valence-electron chi connectivity index (χ3n) is 3.05. The van der Waals surface area contributed by atoms with E-state index in [1.165, 1.54) is 16.7 Å². The number of aryl methyl sites for hydroxylation is 1. The third kappa shape index (κ3) is 2.47. The zero-order chi connectivity index (χ0) is 15.0. The normalized spacial score (nSPS) is 13.7. The molecule has 7 heteroatoms. The summed E-state index contributed by atoms with van der Waals surface area (Å²) in [6.45, 7) is 1.81. The van der Waals surface area contributed by atoms with Crippen molar-refractivity contribution in [3.63, 3.8) is 0 Å². The van der Waals surface area contributed by atoms with Gasteiger partial charge in [-0.1, -0.05) is 23.9 Å². The van der Waals surface area contributed by atoms with E-state index in [0.717, 1.165) is 5.69 Å². The van der Waals surface area contributed by atoms with Crippen LogP contribution in [0, 0.1) is 6.92 Å². The molecular weight excluding hydrogens is 288 g/mol. The minimum Gasteiger partial charge on any atom is -0.384 e. The van der Waals surface area contributed by atoms with Crippen LogP contribution in [0.3, 0.4) is 0 Å². The molecule has 1 aliphatic heterocycles. The van der Waals surface area contributed by atoms with E-state index < -0.39 is 0 Å². The number of thioether (sulfide) groups is 1. The first-order valence-electron chi connectivity index (χ1n) is 6.25. The first-order valence-corrected chi connectivity index (χ1v) is 7.24. The second kappa shape index (κ2) is 5.17. The van der Waals surface area contributed by atoms with Crippen molar-refractivity contribution in [2.45, 2.75) is 12.1 Å². The van der Waals surface area contributed by atoms with E-state index in [2.05, 4.69) is 9.97 Å². The highest BCUT2D eigenvalue weighted by atomic mass is 32.2. The van der Waals surface area contributed by atoms with E-state index in [1.807, 2.05) is 6.92 Å². The summed E-state index contributed by atoms with van der Waals surface area (Å²) in [4.78, 5) is 33.9. The fourth-order valence-corrected chi connectivity index (χ4v) is 2.97. The van der Waals surface area contributed by atoms with E-state index in [0.29, 0.717) is 22.1 Å². The molecule has 3 rings (SSSR count). The second-order valence-electron chi connectivity index (χ2n) is 4.57. The maximum absolute atomic E-state index is 12.2. The van der Waals surface area contributed by atoms with E-state index in [1.54, 1.807) is 30.3 Å². The molecule has 2 aromatic rings. The Kier molecular flexibility index (Phi) is 3.34. The van der Waals surface area contributed by atoms with Gasteiger partial charge in [-0.05, 0) is 19.1 Å². The molecule has 0 unspecified atom stereocenters. The molecular formula is C14H12N4O2S. The molecule has 106 valence electrons. The average Bonchev–Trinajstić information content (AvgIpc) is 2.69. The zero-order valence-electron chi connectivity index (χ0n) is 11.2. The molecule has 0 bridgehead atoms. The lowest BCUT2D eigenvalue weighted by Gasteiger charge is -2.12. The molecule has 2 N–H and O–H groups in total. The Morgan fingerprint density at radius 1 is 1.14 bits per heavy atom. The lowest BCUT2D eigenvalue weighted by atomic mass is 10.1. The van der Waals surface area contributed by atoms with Crippen molar-refractivity contribution in [2.24, 2.45) is 0 Å². The van der Waals surface area contributed by atoms with Gasteiger partial charge < -0.3 is 5.73 Å². The van der Waals surface area contributed by atoms with Crippen LogP contribution in [0.4, 0.5) is 5.82 Å². The standard InChI is InChI=1S/C14H12N4O2S/c1-8-6-11(15)17-14(16-8)21-7-18-12(19)9-4-2-3-5-10(9)13(18)20/h2-6H,7H2,1H3,(H2,15,16,17). The summed E-state index contributed by atoms with van der Waals surface area (Å²) in [5, 5.41) is 0.448. The van der Waals surface area contributed by atoms with Crippen LogP contribution in [0.2, 0.25) is 0 Å².